The number of benzene rings is 2. The molecule has 7 atom stereocenters. The van der Waals surface area contributed by atoms with Gasteiger partial charge in [-0.15, -0.1) is 0 Å². The van der Waals surface area contributed by atoms with Crippen molar-refractivity contribution in [2.75, 3.05) is 7.11 Å². The molecule has 10 heteroatoms. The van der Waals surface area contributed by atoms with E-state index in [1.54, 1.807) is 13.8 Å². The van der Waals surface area contributed by atoms with Gasteiger partial charge in [0.2, 0.25) is 12.1 Å². The number of aromatic hydroxyl groups is 1. The Kier molecular flexibility index (Phi) is 5.98. The van der Waals surface area contributed by atoms with Crippen LogP contribution in [0.25, 0.3) is 0 Å². The molecule has 2 aromatic rings. The predicted octanol–water partition coefficient (Wildman–Crippen LogP) is 1.15. The molecule has 37 heavy (non-hydrogen) atoms. The van der Waals surface area contributed by atoms with Gasteiger partial charge >= 0.3 is 0 Å². The van der Waals surface area contributed by atoms with Crippen LogP contribution in [0.3, 0.4) is 0 Å². The summed E-state index contributed by atoms with van der Waals surface area (Å²) >= 11 is 0. The molecule has 0 radical (unpaired) electrons. The zero-order chi connectivity index (χ0) is 27.0. The van der Waals surface area contributed by atoms with Crippen molar-refractivity contribution in [3.05, 3.63) is 57.6 Å². The maximum Gasteiger partial charge on any atom is 0.229 e. The van der Waals surface area contributed by atoms with Gasteiger partial charge in [0.1, 0.15) is 23.2 Å². The Morgan fingerprint density at radius 1 is 1.05 bits per heavy atom. The summed E-state index contributed by atoms with van der Waals surface area (Å²) in [6.45, 7) is 4.49. The van der Waals surface area contributed by atoms with E-state index in [0.29, 0.717) is 5.56 Å². The van der Waals surface area contributed by atoms with Crippen LogP contribution in [0, 0.1) is 0 Å². The molecule has 2 aliphatic carbocycles. The zero-order valence-electron chi connectivity index (χ0n) is 20.9. The van der Waals surface area contributed by atoms with E-state index in [4.69, 9.17) is 14.2 Å². The Balaban J connectivity index is 1.59. The van der Waals surface area contributed by atoms with Gasteiger partial charge in [0.05, 0.1) is 28.9 Å². The minimum Gasteiger partial charge on any atom is -0.507 e. The quantitative estimate of drug-likeness (QED) is 0.343. The molecule has 1 fully saturated rings. The highest BCUT2D eigenvalue weighted by Gasteiger charge is 2.53. The molecule has 0 spiro atoms. The summed E-state index contributed by atoms with van der Waals surface area (Å²) in [5.41, 5.74) is -2.82. The molecule has 5 N–H and O–H groups in total. The molecule has 0 amide bonds. The van der Waals surface area contributed by atoms with Crippen molar-refractivity contribution in [2.24, 2.45) is 0 Å². The van der Waals surface area contributed by atoms with Crippen molar-refractivity contribution in [1.29, 1.82) is 0 Å². The van der Waals surface area contributed by atoms with E-state index >= 15 is 0 Å². The summed E-state index contributed by atoms with van der Waals surface area (Å²) in [5, 5.41) is 53.5. The number of carbonyl (C=O) groups excluding carboxylic acids is 2. The fraction of sp³-hybridized carbons (Fsp3) is 0.481. The first kappa shape index (κ1) is 25.8. The number of phenols is 1. The highest BCUT2D eigenvalue weighted by Crippen LogP contribution is 2.46. The lowest BCUT2D eigenvalue weighted by molar-refractivity contribution is -0.306. The fourth-order valence-corrected chi connectivity index (χ4v) is 5.83. The number of aliphatic hydroxyl groups excluding tert-OH is 2. The Bertz CT molecular complexity index is 1300. The van der Waals surface area contributed by atoms with Gasteiger partial charge in [-0.2, -0.15) is 0 Å². The van der Waals surface area contributed by atoms with Crippen molar-refractivity contribution in [3.8, 4) is 11.5 Å². The number of methoxy groups -OCH3 is 1. The highest BCUT2D eigenvalue weighted by atomic mass is 16.7. The van der Waals surface area contributed by atoms with Gasteiger partial charge in [-0.05, 0) is 38.5 Å². The maximum absolute atomic E-state index is 13.8. The molecule has 0 unspecified atom stereocenters. The number of ether oxygens (including phenoxy) is 3. The Hall–Kier alpha value is -2.86. The lowest BCUT2D eigenvalue weighted by atomic mass is 9.74. The third-order valence-corrected chi connectivity index (χ3v) is 7.65. The normalized spacial score (nSPS) is 35.0. The summed E-state index contributed by atoms with van der Waals surface area (Å²) in [6.07, 6.45) is -5.66. The second kappa shape index (κ2) is 8.59. The first-order valence-electron chi connectivity index (χ1n) is 12.1. The van der Waals surface area contributed by atoms with Crippen molar-refractivity contribution in [2.45, 2.75) is 75.5 Å². The summed E-state index contributed by atoms with van der Waals surface area (Å²) in [7, 11) is 1.32. The second-order valence-corrected chi connectivity index (χ2v) is 10.6. The highest BCUT2D eigenvalue weighted by molar-refractivity contribution is 6.30. The number of hydrogen-bond acceptors (Lipinski definition) is 10. The molecule has 2 aromatic carbocycles. The third-order valence-electron chi connectivity index (χ3n) is 7.65. The second-order valence-electron chi connectivity index (χ2n) is 10.6. The van der Waals surface area contributed by atoms with E-state index in [1.165, 1.54) is 38.3 Å². The molecule has 5 rings (SSSR count). The number of ketones is 2. The van der Waals surface area contributed by atoms with E-state index in [2.05, 4.69) is 0 Å². The number of hydrogen-bond donors (Lipinski definition) is 5. The lowest BCUT2D eigenvalue weighted by Gasteiger charge is -2.46. The van der Waals surface area contributed by atoms with Gasteiger partial charge in [0, 0.05) is 36.6 Å². The van der Waals surface area contributed by atoms with Gasteiger partial charge in [-0.3, -0.25) is 9.59 Å². The smallest absolute Gasteiger partial charge is 0.229 e. The number of aliphatic hydroxyl groups is 4. The van der Waals surface area contributed by atoms with Gasteiger partial charge in [-0.1, -0.05) is 12.1 Å². The van der Waals surface area contributed by atoms with Gasteiger partial charge in [0.15, 0.2) is 11.9 Å². The third kappa shape index (κ3) is 3.87. The van der Waals surface area contributed by atoms with Crippen molar-refractivity contribution >= 4 is 11.6 Å². The molecular formula is C27H30O10. The van der Waals surface area contributed by atoms with E-state index in [0.717, 1.165) is 0 Å². The van der Waals surface area contributed by atoms with Crippen LogP contribution in [0.15, 0.2) is 24.3 Å². The van der Waals surface area contributed by atoms with Crippen LogP contribution < -0.4 is 4.74 Å². The predicted molar refractivity (Wildman–Crippen MR) is 128 cm³/mol. The minimum atomic E-state index is -1.74. The standard InChI is InChI=1S/C27H30O10/c1-11-23(32)27(3,34)24(35-4)25(36-11)37-16-7-5-6-13-18(16)22(31)19-14(20(13)29)8-12-9-26(2,33)10-15(28)17(12)21(19)30/h5-8,11,15,23-25,28,30,32-34H,9-10H2,1-4H3/t11-,15+,23-,24-,25+,26-,27+/m1/s1. The molecule has 10 nitrogen and oxygen atoms in total. The van der Waals surface area contributed by atoms with Gasteiger partial charge < -0.3 is 39.7 Å². The molecular weight excluding hydrogens is 484 g/mol. The molecule has 0 aromatic heterocycles. The molecule has 3 aliphatic rings. The molecule has 1 aliphatic heterocycles. The monoisotopic (exact) mass is 514 g/mol. The van der Waals surface area contributed by atoms with Crippen molar-refractivity contribution < 1.29 is 49.3 Å². The lowest BCUT2D eigenvalue weighted by Crippen LogP contribution is -2.66. The molecule has 0 saturated carbocycles. The Labute approximate surface area is 213 Å². The largest absolute Gasteiger partial charge is 0.507 e. The first-order valence-corrected chi connectivity index (χ1v) is 12.1. The first-order chi connectivity index (χ1) is 17.3. The van der Waals surface area contributed by atoms with Crippen LogP contribution in [0.4, 0.5) is 0 Å². The topological polar surface area (TPSA) is 163 Å². The summed E-state index contributed by atoms with van der Waals surface area (Å²) in [6, 6.07) is 5.89. The summed E-state index contributed by atoms with van der Waals surface area (Å²) < 4.78 is 17.1. The average Bonchev–Trinajstić information content (AvgIpc) is 2.79. The van der Waals surface area contributed by atoms with Crippen LogP contribution in [-0.4, -0.2) is 80.0 Å². The number of fused-ring (bicyclic) bond motifs is 3. The number of carbonyl (C=O) groups is 2. The van der Waals surface area contributed by atoms with Gasteiger partial charge in [0.25, 0.3) is 0 Å². The van der Waals surface area contributed by atoms with Crippen molar-refractivity contribution in [1.82, 2.24) is 0 Å². The maximum atomic E-state index is 13.8. The van der Waals surface area contributed by atoms with Crippen LogP contribution in [0.2, 0.25) is 0 Å². The van der Waals surface area contributed by atoms with Crippen LogP contribution in [0.1, 0.15) is 76.3 Å². The zero-order valence-corrected chi connectivity index (χ0v) is 20.9. The SMILES string of the molecule is CO[C@@H]1[C@H](Oc2cccc3c2C(=O)c2c(cc4c(c2O)[C@@H](O)C[C@](C)(O)C4)C3=O)O[C@H](C)[C@@H](O)[C@]1(C)O. The average molecular weight is 515 g/mol. The molecule has 0 bridgehead atoms. The van der Waals surface area contributed by atoms with E-state index < -0.39 is 59.2 Å². The Morgan fingerprint density at radius 3 is 2.43 bits per heavy atom. The fourth-order valence-electron chi connectivity index (χ4n) is 5.83. The van der Waals surface area contributed by atoms with Crippen LogP contribution in [-0.2, 0) is 15.9 Å². The van der Waals surface area contributed by atoms with E-state index in [-0.39, 0.29) is 46.4 Å². The van der Waals surface area contributed by atoms with E-state index in [9.17, 15) is 35.1 Å². The van der Waals surface area contributed by atoms with E-state index in [1.807, 2.05) is 0 Å². The molecule has 198 valence electrons. The minimum absolute atomic E-state index is 0.0286. The molecule has 1 heterocycles. The van der Waals surface area contributed by atoms with Crippen LogP contribution in [0.5, 0.6) is 11.5 Å². The van der Waals surface area contributed by atoms with Crippen LogP contribution >= 0.6 is 0 Å². The van der Waals surface area contributed by atoms with Gasteiger partial charge in [-0.25, -0.2) is 0 Å². The summed E-state index contributed by atoms with van der Waals surface area (Å²) in [4.78, 5) is 27.3. The molecule has 1 saturated heterocycles. The number of phenolic OH excluding ortho intramolecular Hbond substituents is 1. The summed E-state index contributed by atoms with van der Waals surface area (Å²) in [5.74, 6) is -1.75. The number of rotatable bonds is 3. The van der Waals surface area contributed by atoms with Crippen molar-refractivity contribution in [3.63, 3.8) is 0 Å². The Morgan fingerprint density at radius 2 is 1.76 bits per heavy atom.